The maximum absolute atomic E-state index is 10.2. The predicted molar refractivity (Wildman–Crippen MR) is 81.8 cm³/mol. The van der Waals surface area contributed by atoms with Crippen molar-refractivity contribution in [3.05, 3.63) is 24.3 Å². The van der Waals surface area contributed by atoms with Gasteiger partial charge in [-0.1, -0.05) is 6.42 Å². The van der Waals surface area contributed by atoms with Gasteiger partial charge in [0.05, 0.1) is 0 Å². The van der Waals surface area contributed by atoms with Crippen molar-refractivity contribution >= 4 is 5.69 Å². The highest BCUT2D eigenvalue weighted by atomic mass is 16.5. The SMILES string of the molecule is C[C@@H]1CCC[C@H](C)N1C[C@H](O)COc1ccc(N)cc1. The first-order chi connectivity index (χ1) is 9.56. The number of piperidine rings is 1. The summed E-state index contributed by atoms with van der Waals surface area (Å²) in [5.41, 5.74) is 6.34. The molecule has 1 aromatic carbocycles. The predicted octanol–water partition coefficient (Wildman–Crippen LogP) is 2.27. The maximum atomic E-state index is 10.2. The molecule has 3 N–H and O–H groups in total. The van der Waals surface area contributed by atoms with Crippen LogP contribution in [0.2, 0.25) is 0 Å². The van der Waals surface area contributed by atoms with Crippen LogP contribution in [0.4, 0.5) is 5.69 Å². The molecule has 1 aromatic rings. The van der Waals surface area contributed by atoms with Gasteiger partial charge >= 0.3 is 0 Å². The molecule has 4 heteroatoms. The molecule has 1 aliphatic heterocycles. The van der Waals surface area contributed by atoms with Gasteiger partial charge in [-0.05, 0) is 51.0 Å². The number of aliphatic hydroxyl groups is 1. The van der Waals surface area contributed by atoms with Gasteiger partial charge in [-0.2, -0.15) is 0 Å². The van der Waals surface area contributed by atoms with E-state index in [1.165, 1.54) is 19.3 Å². The second-order valence-corrected chi connectivity index (χ2v) is 5.86. The van der Waals surface area contributed by atoms with E-state index in [9.17, 15) is 5.11 Å². The Labute approximate surface area is 121 Å². The van der Waals surface area contributed by atoms with Gasteiger partial charge in [-0.15, -0.1) is 0 Å². The Morgan fingerprint density at radius 2 is 1.85 bits per heavy atom. The van der Waals surface area contributed by atoms with Crippen LogP contribution in [0.25, 0.3) is 0 Å². The van der Waals surface area contributed by atoms with Crippen molar-refractivity contribution in [1.82, 2.24) is 4.90 Å². The zero-order valence-corrected chi connectivity index (χ0v) is 12.5. The lowest BCUT2D eigenvalue weighted by Gasteiger charge is -2.40. The number of benzene rings is 1. The summed E-state index contributed by atoms with van der Waals surface area (Å²) < 4.78 is 5.60. The number of nitrogen functional groups attached to an aromatic ring is 1. The fourth-order valence-electron chi connectivity index (χ4n) is 2.89. The zero-order chi connectivity index (χ0) is 14.5. The third-order valence-corrected chi connectivity index (χ3v) is 4.12. The Balaban J connectivity index is 1.79. The molecule has 0 aromatic heterocycles. The number of nitrogens with two attached hydrogens (primary N) is 1. The molecule has 0 unspecified atom stereocenters. The van der Waals surface area contributed by atoms with E-state index in [2.05, 4.69) is 18.7 Å². The lowest BCUT2D eigenvalue weighted by molar-refractivity contribution is 0.0209. The lowest BCUT2D eigenvalue weighted by Crippen LogP contribution is -2.48. The molecule has 0 radical (unpaired) electrons. The summed E-state index contributed by atoms with van der Waals surface area (Å²) in [7, 11) is 0. The summed E-state index contributed by atoms with van der Waals surface area (Å²) >= 11 is 0. The van der Waals surface area contributed by atoms with Gasteiger partial charge in [0.15, 0.2) is 0 Å². The van der Waals surface area contributed by atoms with E-state index in [1.54, 1.807) is 12.1 Å². The van der Waals surface area contributed by atoms with Crippen molar-refractivity contribution in [1.29, 1.82) is 0 Å². The van der Waals surface area contributed by atoms with Crippen molar-refractivity contribution in [2.24, 2.45) is 0 Å². The standard InChI is InChI=1S/C16H26N2O2/c1-12-4-3-5-13(2)18(12)10-15(19)11-20-16-8-6-14(17)7-9-16/h6-9,12-13,15,19H,3-5,10-11,17H2,1-2H3/t12-,13+,15-/m0/s1. The van der Waals surface area contributed by atoms with Crippen LogP contribution >= 0.6 is 0 Å². The summed E-state index contributed by atoms with van der Waals surface area (Å²) in [6.45, 7) is 5.48. The van der Waals surface area contributed by atoms with E-state index in [0.29, 0.717) is 30.9 Å². The summed E-state index contributed by atoms with van der Waals surface area (Å²) in [5.74, 6) is 0.748. The summed E-state index contributed by atoms with van der Waals surface area (Å²) in [4.78, 5) is 2.39. The van der Waals surface area contributed by atoms with E-state index in [0.717, 1.165) is 5.75 Å². The van der Waals surface area contributed by atoms with Gasteiger partial charge in [0.2, 0.25) is 0 Å². The Morgan fingerprint density at radius 1 is 1.25 bits per heavy atom. The number of rotatable bonds is 5. The van der Waals surface area contributed by atoms with Crippen molar-refractivity contribution < 1.29 is 9.84 Å². The van der Waals surface area contributed by atoms with Crippen LogP contribution in [0.15, 0.2) is 24.3 Å². The number of hydrogen-bond donors (Lipinski definition) is 2. The highest BCUT2D eigenvalue weighted by molar-refractivity contribution is 5.41. The fraction of sp³-hybridized carbons (Fsp3) is 0.625. The minimum atomic E-state index is -0.462. The summed E-state index contributed by atoms with van der Waals surface area (Å²) in [6, 6.07) is 8.35. The first-order valence-electron chi connectivity index (χ1n) is 7.48. The second-order valence-electron chi connectivity index (χ2n) is 5.86. The molecule has 1 fully saturated rings. The topological polar surface area (TPSA) is 58.7 Å². The van der Waals surface area contributed by atoms with Crippen LogP contribution in [-0.2, 0) is 0 Å². The first kappa shape index (κ1) is 15.1. The number of ether oxygens (including phenoxy) is 1. The van der Waals surface area contributed by atoms with Gasteiger partial charge < -0.3 is 15.6 Å². The number of β-amino-alcohol motifs (C(OH)–C–C–N with tert-alkyl or cyclic N) is 1. The van der Waals surface area contributed by atoms with E-state index < -0.39 is 6.10 Å². The molecule has 3 atom stereocenters. The average Bonchev–Trinajstić information content (AvgIpc) is 2.42. The number of aliphatic hydroxyl groups excluding tert-OH is 1. The van der Waals surface area contributed by atoms with Crippen molar-refractivity contribution in [2.45, 2.75) is 51.3 Å². The largest absolute Gasteiger partial charge is 0.491 e. The minimum Gasteiger partial charge on any atom is -0.491 e. The quantitative estimate of drug-likeness (QED) is 0.811. The molecule has 1 heterocycles. The normalized spacial score (nSPS) is 25.4. The number of hydrogen-bond acceptors (Lipinski definition) is 4. The summed E-state index contributed by atoms with van der Waals surface area (Å²) in [6.07, 6.45) is 3.26. The smallest absolute Gasteiger partial charge is 0.119 e. The molecule has 4 nitrogen and oxygen atoms in total. The van der Waals surface area contributed by atoms with Gasteiger partial charge in [0, 0.05) is 24.3 Å². The highest BCUT2D eigenvalue weighted by Gasteiger charge is 2.26. The Morgan fingerprint density at radius 3 is 2.45 bits per heavy atom. The second kappa shape index (κ2) is 6.95. The van der Waals surface area contributed by atoms with E-state index in [4.69, 9.17) is 10.5 Å². The number of nitrogens with zero attached hydrogens (tertiary/aromatic N) is 1. The van der Waals surface area contributed by atoms with Crippen LogP contribution in [0.3, 0.4) is 0 Å². The van der Waals surface area contributed by atoms with Gasteiger partial charge in [-0.25, -0.2) is 0 Å². The molecular weight excluding hydrogens is 252 g/mol. The highest BCUT2D eigenvalue weighted by Crippen LogP contribution is 2.22. The van der Waals surface area contributed by atoms with E-state index in [-0.39, 0.29) is 0 Å². The number of anilines is 1. The molecule has 0 amide bonds. The third-order valence-electron chi connectivity index (χ3n) is 4.12. The minimum absolute atomic E-state index is 0.319. The molecular formula is C16H26N2O2. The molecule has 1 aliphatic rings. The molecule has 0 aliphatic carbocycles. The Bertz CT molecular complexity index is 397. The van der Waals surface area contributed by atoms with Crippen molar-refractivity contribution in [3.63, 3.8) is 0 Å². The molecule has 0 saturated carbocycles. The zero-order valence-electron chi connectivity index (χ0n) is 12.5. The van der Waals surface area contributed by atoms with Crippen LogP contribution in [-0.4, -0.2) is 41.3 Å². The number of likely N-dealkylation sites (tertiary alicyclic amines) is 1. The van der Waals surface area contributed by atoms with E-state index >= 15 is 0 Å². The Hall–Kier alpha value is -1.26. The fourth-order valence-corrected chi connectivity index (χ4v) is 2.89. The monoisotopic (exact) mass is 278 g/mol. The van der Waals surface area contributed by atoms with Crippen LogP contribution in [0, 0.1) is 0 Å². The lowest BCUT2D eigenvalue weighted by atomic mass is 9.97. The van der Waals surface area contributed by atoms with Crippen LogP contribution in [0.5, 0.6) is 5.75 Å². The van der Waals surface area contributed by atoms with Crippen LogP contribution in [0.1, 0.15) is 33.1 Å². The molecule has 1 saturated heterocycles. The molecule has 112 valence electrons. The van der Waals surface area contributed by atoms with Gasteiger partial charge in [0.1, 0.15) is 18.5 Å². The van der Waals surface area contributed by atoms with Crippen molar-refractivity contribution in [3.8, 4) is 5.75 Å². The van der Waals surface area contributed by atoms with Gasteiger partial charge in [-0.3, -0.25) is 4.90 Å². The van der Waals surface area contributed by atoms with Crippen LogP contribution < -0.4 is 10.5 Å². The third kappa shape index (κ3) is 4.12. The first-order valence-corrected chi connectivity index (χ1v) is 7.48. The summed E-state index contributed by atoms with van der Waals surface area (Å²) in [5, 5.41) is 10.2. The van der Waals surface area contributed by atoms with Gasteiger partial charge in [0.25, 0.3) is 0 Å². The van der Waals surface area contributed by atoms with Crippen molar-refractivity contribution in [2.75, 3.05) is 18.9 Å². The molecule has 20 heavy (non-hydrogen) atoms. The average molecular weight is 278 g/mol. The Kier molecular flexibility index (Phi) is 5.26. The molecule has 0 spiro atoms. The molecule has 2 rings (SSSR count). The molecule has 0 bridgehead atoms. The maximum Gasteiger partial charge on any atom is 0.119 e. The van der Waals surface area contributed by atoms with E-state index in [1.807, 2.05) is 12.1 Å².